The van der Waals surface area contributed by atoms with Crippen LogP contribution in [-0.4, -0.2) is 32.1 Å². The van der Waals surface area contributed by atoms with Gasteiger partial charge >= 0.3 is 0 Å². The molecule has 0 radical (unpaired) electrons. The molecule has 0 bridgehead atoms. The first-order valence-corrected chi connectivity index (χ1v) is 8.85. The number of carbonyl (C=O) groups is 1. The van der Waals surface area contributed by atoms with Crippen LogP contribution >= 0.6 is 11.8 Å². The molecule has 0 aromatic carbocycles. The molecule has 1 unspecified atom stereocenters. The molecule has 1 aliphatic rings. The number of hydrogen-bond donors (Lipinski definition) is 2. The molecule has 6 nitrogen and oxygen atoms in total. The molecule has 1 saturated carbocycles. The van der Waals surface area contributed by atoms with E-state index >= 15 is 0 Å². The van der Waals surface area contributed by atoms with Gasteiger partial charge in [-0.05, 0) is 19.8 Å². The zero-order valence-electron chi connectivity index (χ0n) is 13.9. The maximum atomic E-state index is 12.3. The van der Waals surface area contributed by atoms with Crippen molar-refractivity contribution < 1.29 is 4.79 Å². The second kappa shape index (κ2) is 6.89. The van der Waals surface area contributed by atoms with Crippen LogP contribution in [0, 0.1) is 0 Å². The van der Waals surface area contributed by atoms with Gasteiger partial charge in [0.25, 0.3) is 0 Å². The topological polar surface area (TPSA) is 85.8 Å². The van der Waals surface area contributed by atoms with Crippen LogP contribution in [0.3, 0.4) is 0 Å². The van der Waals surface area contributed by atoms with Gasteiger partial charge in [-0.2, -0.15) is 0 Å². The summed E-state index contributed by atoms with van der Waals surface area (Å²) in [4.78, 5) is 12.3. The molecule has 1 fully saturated rings. The molecular weight excluding hydrogens is 298 g/mol. The Bertz CT molecular complexity index is 516. The Balaban J connectivity index is 1.95. The van der Waals surface area contributed by atoms with E-state index in [-0.39, 0.29) is 16.6 Å². The predicted octanol–water partition coefficient (Wildman–Crippen LogP) is 2.22. The van der Waals surface area contributed by atoms with E-state index in [2.05, 4.69) is 15.5 Å². The van der Waals surface area contributed by atoms with Gasteiger partial charge in [-0.3, -0.25) is 4.79 Å². The average Bonchev–Trinajstić information content (AvgIpc) is 2.81. The highest BCUT2D eigenvalue weighted by molar-refractivity contribution is 8.00. The molecule has 2 rings (SSSR count). The molecule has 3 N–H and O–H groups in total. The minimum Gasteiger partial charge on any atom is -0.352 e. The third-order valence-electron chi connectivity index (χ3n) is 3.94. The number of nitrogens with two attached hydrogens (primary N) is 1. The van der Waals surface area contributed by atoms with Crippen molar-refractivity contribution in [2.75, 3.05) is 5.84 Å². The molecule has 7 heteroatoms. The van der Waals surface area contributed by atoms with Gasteiger partial charge in [-0.15, -0.1) is 10.2 Å². The Morgan fingerprint density at radius 1 is 1.32 bits per heavy atom. The monoisotopic (exact) mass is 325 g/mol. The fraction of sp³-hybridized carbons (Fsp3) is 0.800. The first-order valence-electron chi connectivity index (χ1n) is 7.97. The summed E-state index contributed by atoms with van der Waals surface area (Å²) in [6.45, 7) is 7.99. The Morgan fingerprint density at radius 2 is 1.95 bits per heavy atom. The second-order valence-corrected chi connectivity index (χ2v) is 8.34. The number of aromatic nitrogens is 3. The third kappa shape index (κ3) is 4.15. The number of nitrogen functional groups attached to an aromatic ring is 1. The van der Waals surface area contributed by atoms with Crippen LogP contribution in [0.2, 0.25) is 0 Å². The molecule has 1 atom stereocenters. The van der Waals surface area contributed by atoms with Crippen LogP contribution < -0.4 is 11.2 Å². The smallest absolute Gasteiger partial charge is 0.233 e. The summed E-state index contributed by atoms with van der Waals surface area (Å²) in [6, 6.07) is 0.324. The highest BCUT2D eigenvalue weighted by Gasteiger charge is 2.26. The summed E-state index contributed by atoms with van der Waals surface area (Å²) < 4.78 is 1.50. The molecule has 22 heavy (non-hydrogen) atoms. The van der Waals surface area contributed by atoms with Gasteiger partial charge in [0.05, 0.1) is 5.25 Å². The molecule has 1 heterocycles. The lowest BCUT2D eigenvalue weighted by Gasteiger charge is -2.24. The van der Waals surface area contributed by atoms with E-state index in [0.717, 1.165) is 18.7 Å². The molecule has 124 valence electrons. The van der Waals surface area contributed by atoms with Gasteiger partial charge in [0, 0.05) is 11.5 Å². The highest BCUT2D eigenvalue weighted by atomic mass is 32.2. The van der Waals surface area contributed by atoms with Crippen molar-refractivity contribution in [1.29, 1.82) is 0 Å². The molecule has 0 spiro atoms. The summed E-state index contributed by atoms with van der Waals surface area (Å²) >= 11 is 1.36. The van der Waals surface area contributed by atoms with Crippen LogP contribution in [0.4, 0.5) is 0 Å². The van der Waals surface area contributed by atoms with E-state index in [1.807, 2.05) is 27.7 Å². The Kier molecular flexibility index (Phi) is 5.36. The zero-order valence-corrected chi connectivity index (χ0v) is 14.7. The standard InChI is InChI=1S/C15H27N5OS/c1-10(12(21)17-11-8-6-5-7-9-11)22-14-19-18-13(20(14)16)15(2,3)4/h10-11H,5-9,16H2,1-4H3,(H,17,21). The SMILES string of the molecule is CC(Sc1nnc(C(C)(C)C)n1N)C(=O)NC1CCCCC1. The number of amides is 1. The maximum Gasteiger partial charge on any atom is 0.233 e. The van der Waals surface area contributed by atoms with E-state index in [4.69, 9.17) is 5.84 Å². The molecule has 1 aromatic rings. The highest BCUT2D eigenvalue weighted by Crippen LogP contribution is 2.26. The maximum absolute atomic E-state index is 12.3. The zero-order chi connectivity index (χ0) is 16.3. The van der Waals surface area contributed by atoms with E-state index in [0.29, 0.717) is 11.2 Å². The van der Waals surface area contributed by atoms with Gasteiger partial charge in [0.15, 0.2) is 5.82 Å². The number of thioether (sulfide) groups is 1. The molecule has 1 aliphatic carbocycles. The van der Waals surface area contributed by atoms with Crippen molar-refractivity contribution in [3.8, 4) is 0 Å². The van der Waals surface area contributed by atoms with Crippen LogP contribution in [-0.2, 0) is 10.2 Å². The van der Waals surface area contributed by atoms with Crippen LogP contribution in [0.25, 0.3) is 0 Å². The van der Waals surface area contributed by atoms with E-state index < -0.39 is 0 Å². The summed E-state index contributed by atoms with van der Waals surface area (Å²) in [5, 5.41) is 11.8. The lowest BCUT2D eigenvalue weighted by Crippen LogP contribution is -2.40. The predicted molar refractivity (Wildman–Crippen MR) is 89.2 cm³/mol. The van der Waals surface area contributed by atoms with Crippen LogP contribution in [0.5, 0.6) is 0 Å². The fourth-order valence-corrected chi connectivity index (χ4v) is 3.43. The largest absolute Gasteiger partial charge is 0.352 e. The minimum atomic E-state index is -0.235. The Labute approximate surface area is 136 Å². The van der Waals surface area contributed by atoms with Gasteiger partial charge < -0.3 is 11.2 Å². The van der Waals surface area contributed by atoms with Gasteiger partial charge in [-0.25, -0.2) is 4.68 Å². The van der Waals surface area contributed by atoms with Crippen LogP contribution in [0.15, 0.2) is 5.16 Å². The van der Waals surface area contributed by atoms with Gasteiger partial charge in [0.2, 0.25) is 11.1 Å². The summed E-state index contributed by atoms with van der Waals surface area (Å²) in [7, 11) is 0. The Hall–Kier alpha value is -1.24. The lowest BCUT2D eigenvalue weighted by atomic mass is 9.95. The van der Waals surface area contributed by atoms with Crippen LogP contribution in [0.1, 0.15) is 65.6 Å². The quantitative estimate of drug-likeness (QED) is 0.655. The number of nitrogens with one attached hydrogen (secondary N) is 1. The molecule has 0 aliphatic heterocycles. The molecular formula is C15H27N5OS. The summed E-state index contributed by atoms with van der Waals surface area (Å²) in [5.41, 5.74) is -0.172. The van der Waals surface area contributed by atoms with Crippen molar-refractivity contribution in [2.24, 2.45) is 0 Å². The van der Waals surface area contributed by atoms with Crippen molar-refractivity contribution in [3.63, 3.8) is 0 Å². The molecule has 0 saturated heterocycles. The van der Waals surface area contributed by atoms with Crippen molar-refractivity contribution in [3.05, 3.63) is 5.82 Å². The number of hydrogen-bond acceptors (Lipinski definition) is 5. The van der Waals surface area contributed by atoms with Gasteiger partial charge in [0.1, 0.15) is 0 Å². The van der Waals surface area contributed by atoms with Gasteiger partial charge in [-0.1, -0.05) is 51.8 Å². The normalized spacial score (nSPS) is 18.2. The first kappa shape index (κ1) is 17.1. The second-order valence-electron chi connectivity index (χ2n) is 7.03. The number of nitrogens with zero attached hydrogens (tertiary/aromatic N) is 3. The first-order chi connectivity index (χ1) is 10.3. The van der Waals surface area contributed by atoms with Crippen molar-refractivity contribution in [2.45, 2.75) is 81.7 Å². The average molecular weight is 325 g/mol. The van der Waals surface area contributed by atoms with Crippen molar-refractivity contribution >= 4 is 17.7 Å². The number of carbonyl (C=O) groups excluding carboxylic acids is 1. The summed E-state index contributed by atoms with van der Waals surface area (Å²) in [5.74, 6) is 6.83. The molecule has 1 aromatic heterocycles. The lowest BCUT2D eigenvalue weighted by molar-refractivity contribution is -0.121. The third-order valence-corrected chi connectivity index (χ3v) is 5.00. The van der Waals surface area contributed by atoms with E-state index in [1.54, 1.807) is 0 Å². The van der Waals surface area contributed by atoms with E-state index in [9.17, 15) is 4.79 Å². The van der Waals surface area contributed by atoms with Crippen molar-refractivity contribution in [1.82, 2.24) is 20.2 Å². The Morgan fingerprint density at radius 3 is 2.50 bits per heavy atom. The number of rotatable bonds is 4. The molecule has 1 amide bonds. The fourth-order valence-electron chi connectivity index (χ4n) is 2.65. The minimum absolute atomic E-state index is 0.0530. The summed E-state index contributed by atoms with van der Waals surface area (Å²) in [6.07, 6.45) is 5.87. The van der Waals surface area contributed by atoms with E-state index in [1.165, 1.54) is 35.7 Å².